The molecule has 0 spiro atoms. The molecule has 0 saturated carbocycles. The molecule has 0 radical (unpaired) electrons. The van der Waals surface area contributed by atoms with Gasteiger partial charge in [0.1, 0.15) is 11.5 Å². The molecule has 4 heteroatoms. The SMILES string of the molecule is CCCOc1cc(OC)ccc1C(N)=O. The van der Waals surface area contributed by atoms with Gasteiger partial charge in [0.05, 0.1) is 19.3 Å². The lowest BCUT2D eigenvalue weighted by atomic mass is 10.2. The quantitative estimate of drug-likeness (QED) is 0.800. The molecule has 0 aliphatic heterocycles. The van der Waals surface area contributed by atoms with E-state index in [2.05, 4.69) is 0 Å². The Balaban J connectivity index is 2.99. The van der Waals surface area contributed by atoms with Gasteiger partial charge in [0.15, 0.2) is 0 Å². The molecule has 0 atom stereocenters. The molecule has 1 rings (SSSR count). The Labute approximate surface area is 89.0 Å². The fraction of sp³-hybridized carbons (Fsp3) is 0.364. The molecule has 2 N–H and O–H groups in total. The molecule has 0 unspecified atom stereocenters. The highest BCUT2D eigenvalue weighted by Crippen LogP contribution is 2.24. The van der Waals surface area contributed by atoms with Gasteiger partial charge in [-0.05, 0) is 18.6 Å². The van der Waals surface area contributed by atoms with Crippen LogP contribution in [0.25, 0.3) is 0 Å². The minimum atomic E-state index is -0.497. The van der Waals surface area contributed by atoms with Crippen molar-refractivity contribution in [1.29, 1.82) is 0 Å². The van der Waals surface area contributed by atoms with Crippen LogP contribution in [0.2, 0.25) is 0 Å². The fourth-order valence-electron chi connectivity index (χ4n) is 1.16. The summed E-state index contributed by atoms with van der Waals surface area (Å²) < 4.78 is 10.4. The largest absolute Gasteiger partial charge is 0.497 e. The van der Waals surface area contributed by atoms with E-state index in [0.717, 1.165) is 6.42 Å². The third kappa shape index (κ3) is 2.87. The molecule has 1 aromatic rings. The zero-order valence-electron chi connectivity index (χ0n) is 8.95. The van der Waals surface area contributed by atoms with Crippen molar-refractivity contribution >= 4 is 5.91 Å². The summed E-state index contributed by atoms with van der Waals surface area (Å²) in [5.74, 6) is 0.624. The maximum atomic E-state index is 11.1. The first kappa shape index (κ1) is 11.4. The average Bonchev–Trinajstić information content (AvgIpc) is 2.25. The Hall–Kier alpha value is -1.71. The van der Waals surface area contributed by atoms with Gasteiger partial charge in [-0.3, -0.25) is 4.79 Å². The minimum absolute atomic E-state index is 0.379. The molecule has 4 nitrogen and oxygen atoms in total. The highest BCUT2D eigenvalue weighted by molar-refractivity contribution is 5.95. The van der Waals surface area contributed by atoms with Crippen LogP contribution in [-0.2, 0) is 0 Å². The van der Waals surface area contributed by atoms with Gasteiger partial charge < -0.3 is 15.2 Å². The molecule has 1 aromatic carbocycles. The third-order valence-corrected chi connectivity index (χ3v) is 1.92. The zero-order valence-corrected chi connectivity index (χ0v) is 8.95. The second kappa shape index (κ2) is 5.24. The number of amides is 1. The van der Waals surface area contributed by atoms with Crippen LogP contribution in [0, 0.1) is 0 Å². The number of primary amides is 1. The molecule has 0 saturated heterocycles. The highest BCUT2D eigenvalue weighted by Gasteiger charge is 2.10. The highest BCUT2D eigenvalue weighted by atomic mass is 16.5. The van der Waals surface area contributed by atoms with Crippen LogP contribution in [0.3, 0.4) is 0 Å². The van der Waals surface area contributed by atoms with Crippen LogP contribution in [0.1, 0.15) is 23.7 Å². The van der Waals surface area contributed by atoms with Crippen LogP contribution in [0.15, 0.2) is 18.2 Å². The molecular weight excluding hydrogens is 194 g/mol. The fourth-order valence-corrected chi connectivity index (χ4v) is 1.16. The van der Waals surface area contributed by atoms with E-state index < -0.39 is 5.91 Å². The lowest BCUT2D eigenvalue weighted by Gasteiger charge is -2.10. The number of methoxy groups -OCH3 is 1. The van der Waals surface area contributed by atoms with Crippen LogP contribution >= 0.6 is 0 Å². The van der Waals surface area contributed by atoms with Crippen molar-refractivity contribution in [2.75, 3.05) is 13.7 Å². The molecule has 0 fully saturated rings. The Bertz CT molecular complexity index is 350. The van der Waals surface area contributed by atoms with E-state index in [1.54, 1.807) is 25.3 Å². The van der Waals surface area contributed by atoms with Gasteiger partial charge in [0.2, 0.25) is 0 Å². The van der Waals surface area contributed by atoms with Gasteiger partial charge in [-0.1, -0.05) is 6.92 Å². The standard InChI is InChI=1S/C11H15NO3/c1-3-6-15-10-7-8(14-2)4-5-9(10)11(12)13/h4-5,7H,3,6H2,1-2H3,(H2,12,13). The van der Waals surface area contributed by atoms with E-state index >= 15 is 0 Å². The Morgan fingerprint density at radius 3 is 2.73 bits per heavy atom. The van der Waals surface area contributed by atoms with E-state index in [1.807, 2.05) is 6.92 Å². The summed E-state index contributed by atoms with van der Waals surface area (Å²) in [6, 6.07) is 4.95. The van der Waals surface area contributed by atoms with E-state index in [1.165, 1.54) is 0 Å². The normalized spacial score (nSPS) is 9.73. The van der Waals surface area contributed by atoms with E-state index in [9.17, 15) is 4.79 Å². The molecule has 82 valence electrons. The zero-order chi connectivity index (χ0) is 11.3. The second-order valence-electron chi connectivity index (χ2n) is 3.07. The Kier molecular flexibility index (Phi) is 3.97. The van der Waals surface area contributed by atoms with Crippen LogP contribution in [0.4, 0.5) is 0 Å². The lowest BCUT2D eigenvalue weighted by molar-refractivity contribution is 0.0996. The van der Waals surface area contributed by atoms with E-state index in [-0.39, 0.29) is 0 Å². The molecule has 1 amide bonds. The number of ether oxygens (including phenoxy) is 2. The van der Waals surface area contributed by atoms with Crippen molar-refractivity contribution in [2.24, 2.45) is 5.73 Å². The summed E-state index contributed by atoms with van der Waals surface area (Å²) in [5.41, 5.74) is 5.60. The third-order valence-electron chi connectivity index (χ3n) is 1.92. The molecule has 15 heavy (non-hydrogen) atoms. The molecule has 0 aliphatic rings. The molecule has 0 aromatic heterocycles. The van der Waals surface area contributed by atoms with E-state index in [0.29, 0.717) is 23.7 Å². The van der Waals surface area contributed by atoms with Gasteiger partial charge in [0, 0.05) is 6.07 Å². The first-order valence-corrected chi connectivity index (χ1v) is 4.79. The van der Waals surface area contributed by atoms with Crippen LogP contribution in [-0.4, -0.2) is 19.6 Å². The molecule has 0 heterocycles. The summed E-state index contributed by atoms with van der Waals surface area (Å²) >= 11 is 0. The maximum absolute atomic E-state index is 11.1. The second-order valence-corrected chi connectivity index (χ2v) is 3.07. The van der Waals surface area contributed by atoms with E-state index in [4.69, 9.17) is 15.2 Å². The van der Waals surface area contributed by atoms with Crippen molar-refractivity contribution < 1.29 is 14.3 Å². The van der Waals surface area contributed by atoms with Crippen LogP contribution in [0.5, 0.6) is 11.5 Å². The minimum Gasteiger partial charge on any atom is -0.497 e. The number of carbonyl (C=O) groups excluding carboxylic acids is 1. The van der Waals surface area contributed by atoms with Crippen molar-refractivity contribution in [3.8, 4) is 11.5 Å². The topological polar surface area (TPSA) is 61.6 Å². The predicted molar refractivity (Wildman–Crippen MR) is 57.3 cm³/mol. The number of hydrogen-bond donors (Lipinski definition) is 1. The number of rotatable bonds is 5. The monoisotopic (exact) mass is 209 g/mol. The number of hydrogen-bond acceptors (Lipinski definition) is 3. The van der Waals surface area contributed by atoms with Gasteiger partial charge in [-0.25, -0.2) is 0 Å². The lowest BCUT2D eigenvalue weighted by Crippen LogP contribution is -2.13. The summed E-state index contributed by atoms with van der Waals surface area (Å²) in [4.78, 5) is 11.1. The van der Waals surface area contributed by atoms with Crippen molar-refractivity contribution in [2.45, 2.75) is 13.3 Å². The molecule has 0 aliphatic carbocycles. The van der Waals surface area contributed by atoms with Gasteiger partial charge in [-0.2, -0.15) is 0 Å². The van der Waals surface area contributed by atoms with Crippen LogP contribution < -0.4 is 15.2 Å². The van der Waals surface area contributed by atoms with Gasteiger partial charge >= 0.3 is 0 Å². The van der Waals surface area contributed by atoms with Gasteiger partial charge in [0.25, 0.3) is 5.91 Å². The smallest absolute Gasteiger partial charge is 0.252 e. The first-order valence-electron chi connectivity index (χ1n) is 4.79. The summed E-state index contributed by atoms with van der Waals surface area (Å²) in [6.07, 6.45) is 0.870. The van der Waals surface area contributed by atoms with Crippen molar-refractivity contribution in [1.82, 2.24) is 0 Å². The molecule has 0 bridgehead atoms. The predicted octanol–water partition coefficient (Wildman–Crippen LogP) is 1.58. The summed E-state index contributed by atoms with van der Waals surface area (Å²) in [5, 5.41) is 0. The number of carbonyl (C=O) groups is 1. The van der Waals surface area contributed by atoms with Crippen molar-refractivity contribution in [3.63, 3.8) is 0 Å². The number of benzene rings is 1. The van der Waals surface area contributed by atoms with Crippen molar-refractivity contribution in [3.05, 3.63) is 23.8 Å². The molecular formula is C11H15NO3. The Morgan fingerprint density at radius 1 is 1.47 bits per heavy atom. The summed E-state index contributed by atoms with van der Waals surface area (Å²) in [6.45, 7) is 2.54. The van der Waals surface area contributed by atoms with Gasteiger partial charge in [-0.15, -0.1) is 0 Å². The number of nitrogens with two attached hydrogens (primary N) is 1. The maximum Gasteiger partial charge on any atom is 0.252 e. The summed E-state index contributed by atoms with van der Waals surface area (Å²) in [7, 11) is 1.56. The Morgan fingerprint density at radius 2 is 2.20 bits per heavy atom. The average molecular weight is 209 g/mol. The first-order chi connectivity index (χ1) is 7.19.